The van der Waals surface area contributed by atoms with Crippen LogP contribution < -0.4 is 5.32 Å². The van der Waals surface area contributed by atoms with Crippen molar-refractivity contribution in [1.29, 1.82) is 0 Å². The van der Waals surface area contributed by atoms with E-state index in [0.717, 1.165) is 4.47 Å². The first-order valence-corrected chi connectivity index (χ1v) is 8.75. The van der Waals surface area contributed by atoms with Crippen LogP contribution in [0.5, 0.6) is 0 Å². The molecular formula is C17H18N2O5S. The summed E-state index contributed by atoms with van der Waals surface area (Å²) < 4.78 is 24.9. The SMILES string of the molecule is CON(C)S(=O)(=O)c1ccc(C(=O)Nc2cccc(C(C)=O)c2)cc1. The van der Waals surface area contributed by atoms with Gasteiger partial charge >= 0.3 is 0 Å². The number of carbonyl (C=O) groups excluding carboxylic acids is 2. The van der Waals surface area contributed by atoms with Crippen molar-refractivity contribution in [1.82, 2.24) is 4.47 Å². The van der Waals surface area contributed by atoms with Crippen molar-refractivity contribution in [3.05, 3.63) is 59.7 Å². The van der Waals surface area contributed by atoms with Gasteiger partial charge in [0.25, 0.3) is 15.9 Å². The Balaban J connectivity index is 2.19. The second kappa shape index (κ2) is 7.56. The van der Waals surface area contributed by atoms with Gasteiger partial charge in [-0.3, -0.25) is 14.4 Å². The highest BCUT2D eigenvalue weighted by molar-refractivity contribution is 7.89. The maximum Gasteiger partial charge on any atom is 0.264 e. The minimum Gasteiger partial charge on any atom is -0.322 e. The van der Waals surface area contributed by atoms with Crippen LogP contribution in [0, 0.1) is 0 Å². The molecule has 2 aromatic rings. The summed E-state index contributed by atoms with van der Waals surface area (Å²) >= 11 is 0. The first kappa shape index (κ1) is 18.8. The number of nitrogens with zero attached hydrogens (tertiary/aromatic N) is 1. The van der Waals surface area contributed by atoms with Gasteiger partial charge in [0, 0.05) is 23.9 Å². The summed E-state index contributed by atoms with van der Waals surface area (Å²) in [5, 5.41) is 2.67. The monoisotopic (exact) mass is 362 g/mol. The number of Topliss-reactive ketones (excluding diaryl/α,β-unsaturated/α-hetero) is 1. The maximum absolute atomic E-state index is 12.3. The summed E-state index contributed by atoms with van der Waals surface area (Å²) in [7, 11) is -1.24. The highest BCUT2D eigenvalue weighted by Gasteiger charge is 2.21. The van der Waals surface area contributed by atoms with E-state index in [0.29, 0.717) is 11.3 Å². The average molecular weight is 362 g/mol. The van der Waals surface area contributed by atoms with Crippen LogP contribution in [0.3, 0.4) is 0 Å². The molecule has 132 valence electrons. The number of amides is 1. The van der Waals surface area contributed by atoms with Crippen LogP contribution in [0.1, 0.15) is 27.6 Å². The van der Waals surface area contributed by atoms with E-state index in [-0.39, 0.29) is 16.2 Å². The Morgan fingerprint density at radius 3 is 2.24 bits per heavy atom. The molecule has 25 heavy (non-hydrogen) atoms. The minimum absolute atomic E-state index is 0.00646. The lowest BCUT2D eigenvalue weighted by Gasteiger charge is -2.14. The van der Waals surface area contributed by atoms with E-state index < -0.39 is 15.9 Å². The summed E-state index contributed by atoms with van der Waals surface area (Å²) in [5.41, 5.74) is 1.25. The van der Waals surface area contributed by atoms with Crippen LogP contribution in [0.25, 0.3) is 0 Å². The number of sulfonamides is 1. The Hall–Kier alpha value is -2.55. The molecule has 0 aliphatic rings. The molecule has 0 aliphatic carbocycles. The molecule has 2 aromatic carbocycles. The molecule has 0 atom stereocenters. The Labute approximate surface area is 146 Å². The quantitative estimate of drug-likeness (QED) is 0.629. The summed E-state index contributed by atoms with van der Waals surface area (Å²) in [6.45, 7) is 1.44. The minimum atomic E-state index is -3.76. The lowest BCUT2D eigenvalue weighted by molar-refractivity contribution is -0.0258. The zero-order valence-electron chi connectivity index (χ0n) is 14.0. The number of anilines is 1. The molecule has 2 rings (SSSR count). The molecule has 1 amide bonds. The Kier molecular flexibility index (Phi) is 5.68. The Morgan fingerprint density at radius 1 is 1.04 bits per heavy atom. The van der Waals surface area contributed by atoms with Crippen LogP contribution >= 0.6 is 0 Å². The standard InChI is InChI=1S/C17H18N2O5S/c1-12(20)14-5-4-6-15(11-14)18-17(21)13-7-9-16(10-8-13)25(22,23)19(2)24-3/h4-11H,1-3H3,(H,18,21). The zero-order valence-corrected chi connectivity index (χ0v) is 14.8. The second-order valence-corrected chi connectivity index (χ2v) is 7.15. The third-order valence-electron chi connectivity index (χ3n) is 3.54. The van der Waals surface area contributed by atoms with Gasteiger partial charge < -0.3 is 5.32 Å². The second-order valence-electron chi connectivity index (χ2n) is 5.21. The molecule has 0 unspecified atom stereocenters. The maximum atomic E-state index is 12.3. The van der Waals surface area contributed by atoms with Crippen molar-refractivity contribution >= 4 is 27.4 Å². The van der Waals surface area contributed by atoms with Gasteiger partial charge in [0.15, 0.2) is 5.78 Å². The molecule has 0 aromatic heterocycles. The molecule has 0 radical (unpaired) electrons. The predicted octanol–water partition coefficient (Wildman–Crippen LogP) is 2.32. The molecule has 0 saturated heterocycles. The number of hydroxylamine groups is 1. The van der Waals surface area contributed by atoms with E-state index in [2.05, 4.69) is 5.32 Å². The van der Waals surface area contributed by atoms with E-state index in [1.54, 1.807) is 24.3 Å². The molecule has 0 heterocycles. The lowest BCUT2D eigenvalue weighted by atomic mass is 10.1. The van der Waals surface area contributed by atoms with Crippen molar-refractivity contribution in [3.63, 3.8) is 0 Å². The van der Waals surface area contributed by atoms with Gasteiger partial charge in [0.1, 0.15) is 0 Å². The molecule has 1 N–H and O–H groups in total. The highest BCUT2D eigenvalue weighted by Crippen LogP contribution is 2.17. The highest BCUT2D eigenvalue weighted by atomic mass is 32.2. The van der Waals surface area contributed by atoms with E-state index in [9.17, 15) is 18.0 Å². The number of hydrogen-bond acceptors (Lipinski definition) is 5. The van der Waals surface area contributed by atoms with Crippen LogP contribution in [0.4, 0.5) is 5.69 Å². The fourth-order valence-corrected chi connectivity index (χ4v) is 3.02. The van der Waals surface area contributed by atoms with Gasteiger partial charge in [-0.05, 0) is 43.3 Å². The summed E-state index contributed by atoms with van der Waals surface area (Å²) in [4.78, 5) is 28.3. The summed E-state index contributed by atoms with van der Waals surface area (Å²) in [6, 6.07) is 12.0. The van der Waals surface area contributed by atoms with Crippen molar-refractivity contribution in [2.24, 2.45) is 0 Å². The third-order valence-corrected chi connectivity index (χ3v) is 5.23. The molecular weight excluding hydrogens is 344 g/mol. The predicted molar refractivity (Wildman–Crippen MR) is 92.8 cm³/mol. The molecule has 0 fully saturated rings. The van der Waals surface area contributed by atoms with Crippen LogP contribution in [0.15, 0.2) is 53.4 Å². The number of rotatable bonds is 6. The normalized spacial score (nSPS) is 11.4. The number of ketones is 1. The molecule has 0 spiro atoms. The smallest absolute Gasteiger partial charge is 0.264 e. The Morgan fingerprint density at radius 2 is 1.68 bits per heavy atom. The molecule has 8 heteroatoms. The van der Waals surface area contributed by atoms with Crippen LogP contribution in [-0.2, 0) is 14.9 Å². The molecule has 0 saturated carbocycles. The van der Waals surface area contributed by atoms with Gasteiger partial charge in [-0.1, -0.05) is 16.6 Å². The van der Waals surface area contributed by atoms with Crippen molar-refractivity contribution < 1.29 is 22.8 Å². The number of carbonyl (C=O) groups is 2. The van der Waals surface area contributed by atoms with Gasteiger partial charge in [-0.25, -0.2) is 8.42 Å². The summed E-state index contributed by atoms with van der Waals surface area (Å²) in [6.07, 6.45) is 0. The van der Waals surface area contributed by atoms with Crippen molar-refractivity contribution in [2.75, 3.05) is 19.5 Å². The third kappa shape index (κ3) is 4.30. The average Bonchev–Trinajstić information content (AvgIpc) is 2.61. The molecule has 0 bridgehead atoms. The first-order chi connectivity index (χ1) is 11.8. The van der Waals surface area contributed by atoms with E-state index in [4.69, 9.17) is 4.84 Å². The van der Waals surface area contributed by atoms with E-state index in [1.165, 1.54) is 45.3 Å². The van der Waals surface area contributed by atoms with Gasteiger partial charge in [0.05, 0.1) is 12.0 Å². The van der Waals surface area contributed by atoms with Gasteiger partial charge in [0.2, 0.25) is 0 Å². The van der Waals surface area contributed by atoms with Gasteiger partial charge in [-0.15, -0.1) is 0 Å². The van der Waals surface area contributed by atoms with Crippen LogP contribution in [0.2, 0.25) is 0 Å². The lowest BCUT2D eigenvalue weighted by Crippen LogP contribution is -2.25. The fraction of sp³-hybridized carbons (Fsp3) is 0.176. The molecule has 0 aliphatic heterocycles. The molecule has 7 nitrogen and oxygen atoms in total. The number of benzene rings is 2. The first-order valence-electron chi connectivity index (χ1n) is 7.31. The fourth-order valence-electron chi connectivity index (χ4n) is 2.04. The van der Waals surface area contributed by atoms with Gasteiger partial charge in [-0.2, -0.15) is 0 Å². The Bertz CT molecular complexity index is 892. The van der Waals surface area contributed by atoms with Crippen molar-refractivity contribution in [3.8, 4) is 0 Å². The number of hydrogen-bond donors (Lipinski definition) is 1. The topological polar surface area (TPSA) is 92.8 Å². The van der Waals surface area contributed by atoms with Crippen molar-refractivity contribution in [2.45, 2.75) is 11.8 Å². The number of nitrogens with one attached hydrogen (secondary N) is 1. The summed E-state index contributed by atoms with van der Waals surface area (Å²) in [5.74, 6) is -0.516. The largest absolute Gasteiger partial charge is 0.322 e. The van der Waals surface area contributed by atoms with E-state index >= 15 is 0 Å². The van der Waals surface area contributed by atoms with Crippen LogP contribution in [-0.4, -0.2) is 38.7 Å². The van der Waals surface area contributed by atoms with E-state index in [1.807, 2.05) is 0 Å². The zero-order chi connectivity index (χ0) is 18.6.